The Morgan fingerprint density at radius 2 is 1.61 bits per heavy atom. The highest BCUT2D eigenvalue weighted by molar-refractivity contribution is 6.14. The Bertz CT molecular complexity index is 1120. The Hall–Kier alpha value is -3.47. The van der Waals surface area contributed by atoms with Crippen molar-refractivity contribution in [3.8, 4) is 0 Å². The van der Waals surface area contributed by atoms with E-state index in [2.05, 4.69) is 49.2 Å². The molecule has 4 nitrogen and oxygen atoms in total. The predicted molar refractivity (Wildman–Crippen MR) is 136 cm³/mol. The molecular formula is C28H31FN4. The zero-order valence-corrected chi connectivity index (χ0v) is 19.6. The highest BCUT2D eigenvalue weighted by atomic mass is 19.1. The van der Waals surface area contributed by atoms with Crippen molar-refractivity contribution in [2.24, 2.45) is 9.98 Å². The number of benzene rings is 3. The van der Waals surface area contributed by atoms with Gasteiger partial charge in [0.1, 0.15) is 11.7 Å². The second-order valence-electron chi connectivity index (χ2n) is 8.64. The van der Waals surface area contributed by atoms with Crippen LogP contribution in [0.4, 0.5) is 15.8 Å². The molecule has 3 aromatic rings. The minimum Gasteiger partial charge on any atom is -0.340 e. The number of anilines is 1. The summed E-state index contributed by atoms with van der Waals surface area (Å²) in [5.41, 5.74) is 4.93. The van der Waals surface area contributed by atoms with E-state index < -0.39 is 0 Å². The van der Waals surface area contributed by atoms with Crippen molar-refractivity contribution in [1.29, 1.82) is 0 Å². The fourth-order valence-electron chi connectivity index (χ4n) is 4.27. The lowest BCUT2D eigenvalue weighted by atomic mass is 10.0. The van der Waals surface area contributed by atoms with Gasteiger partial charge in [-0.25, -0.2) is 9.38 Å². The molecule has 1 atom stereocenters. The van der Waals surface area contributed by atoms with Crippen LogP contribution in [0.25, 0.3) is 0 Å². The summed E-state index contributed by atoms with van der Waals surface area (Å²) in [6, 6.07) is 22.9. The maximum absolute atomic E-state index is 13.5. The van der Waals surface area contributed by atoms with Gasteiger partial charge in [0.15, 0.2) is 0 Å². The molecule has 4 rings (SSSR count). The van der Waals surface area contributed by atoms with Gasteiger partial charge in [-0.05, 0) is 87.6 Å². The van der Waals surface area contributed by atoms with Crippen LogP contribution < -0.4 is 5.32 Å². The molecule has 1 unspecified atom stereocenters. The third-order valence-electron chi connectivity index (χ3n) is 6.08. The summed E-state index contributed by atoms with van der Waals surface area (Å²) in [6.45, 7) is 7.33. The fraction of sp³-hybridized carbons (Fsp3) is 0.286. The molecule has 1 saturated heterocycles. The lowest BCUT2D eigenvalue weighted by Crippen LogP contribution is -2.42. The number of aryl methyl sites for hydroxylation is 2. The third kappa shape index (κ3) is 5.67. The van der Waals surface area contributed by atoms with Gasteiger partial charge >= 0.3 is 0 Å². The maximum Gasteiger partial charge on any atom is 0.228 e. The van der Waals surface area contributed by atoms with E-state index in [9.17, 15) is 4.39 Å². The van der Waals surface area contributed by atoms with Crippen molar-refractivity contribution >= 4 is 23.2 Å². The van der Waals surface area contributed by atoms with E-state index in [4.69, 9.17) is 9.98 Å². The molecule has 1 heterocycles. The number of amidine groups is 1. The molecule has 33 heavy (non-hydrogen) atoms. The van der Waals surface area contributed by atoms with Gasteiger partial charge in [-0.1, -0.05) is 36.4 Å². The third-order valence-corrected chi connectivity index (χ3v) is 6.08. The molecule has 0 aromatic heterocycles. The molecule has 0 radical (unpaired) electrons. The Kier molecular flexibility index (Phi) is 7.18. The summed E-state index contributed by atoms with van der Waals surface area (Å²) in [5, 5.41) is 3.45. The standard InChI is InChI=1S/C28H31FN4/c1-20-10-9-11-21(2)26(20)27(30-25-17-15-23(29)16-18-25)32-28(31-24-13-5-4-6-14-24)33-19-8-7-12-22(33)3/h4-6,9-11,13-18,22H,7-8,12,19H2,1-3H3,(H,30,31,32). The van der Waals surface area contributed by atoms with Gasteiger partial charge in [-0.3, -0.25) is 0 Å². The summed E-state index contributed by atoms with van der Waals surface area (Å²) >= 11 is 0. The minimum absolute atomic E-state index is 0.264. The van der Waals surface area contributed by atoms with Gasteiger partial charge in [0.25, 0.3) is 0 Å². The van der Waals surface area contributed by atoms with Crippen molar-refractivity contribution in [1.82, 2.24) is 4.90 Å². The molecule has 170 valence electrons. The number of guanidine groups is 1. The normalized spacial score (nSPS) is 17.2. The number of halogens is 1. The number of rotatable bonds is 3. The van der Waals surface area contributed by atoms with Gasteiger partial charge in [-0.2, -0.15) is 4.99 Å². The number of aliphatic imine (C=N–C) groups is 2. The van der Waals surface area contributed by atoms with E-state index in [-0.39, 0.29) is 5.82 Å². The Morgan fingerprint density at radius 3 is 2.27 bits per heavy atom. The topological polar surface area (TPSA) is 40.0 Å². The SMILES string of the molecule is Cc1cccc(C)c1C(=NC(=Nc1ccccc1)N1CCCCC1C)Nc1ccc(F)cc1. The van der Waals surface area contributed by atoms with Crippen LogP contribution in [-0.4, -0.2) is 29.3 Å². The zero-order chi connectivity index (χ0) is 23.2. The molecule has 0 bridgehead atoms. The molecule has 0 spiro atoms. The summed E-state index contributed by atoms with van der Waals surface area (Å²) in [6.07, 6.45) is 3.46. The molecule has 0 amide bonds. The van der Waals surface area contributed by atoms with Crippen LogP contribution in [0, 0.1) is 19.7 Å². The molecule has 0 saturated carbocycles. The Balaban J connectivity index is 1.85. The van der Waals surface area contributed by atoms with Crippen LogP contribution in [0.5, 0.6) is 0 Å². The number of para-hydroxylation sites is 1. The summed E-state index contributed by atoms with van der Waals surface area (Å²) < 4.78 is 13.5. The number of hydrogen-bond acceptors (Lipinski definition) is 1. The average Bonchev–Trinajstić information content (AvgIpc) is 2.81. The minimum atomic E-state index is -0.264. The summed E-state index contributed by atoms with van der Waals surface area (Å²) in [4.78, 5) is 12.4. The monoisotopic (exact) mass is 442 g/mol. The van der Waals surface area contributed by atoms with Crippen molar-refractivity contribution < 1.29 is 4.39 Å². The van der Waals surface area contributed by atoms with E-state index in [0.29, 0.717) is 17.8 Å². The first-order chi connectivity index (χ1) is 16.0. The lowest BCUT2D eigenvalue weighted by molar-refractivity contribution is 0.256. The second-order valence-corrected chi connectivity index (χ2v) is 8.64. The van der Waals surface area contributed by atoms with Crippen molar-refractivity contribution in [3.63, 3.8) is 0 Å². The van der Waals surface area contributed by atoms with Crippen LogP contribution in [0.3, 0.4) is 0 Å². The molecular weight excluding hydrogens is 411 g/mol. The fourth-order valence-corrected chi connectivity index (χ4v) is 4.27. The van der Waals surface area contributed by atoms with E-state index in [1.54, 1.807) is 12.1 Å². The number of likely N-dealkylation sites (tertiary alicyclic amines) is 1. The molecule has 5 heteroatoms. The Morgan fingerprint density at radius 1 is 0.909 bits per heavy atom. The van der Waals surface area contributed by atoms with Crippen LogP contribution in [0.1, 0.15) is 42.9 Å². The van der Waals surface area contributed by atoms with Crippen LogP contribution in [0.15, 0.2) is 82.8 Å². The zero-order valence-electron chi connectivity index (χ0n) is 19.6. The molecule has 1 N–H and O–H groups in total. The van der Waals surface area contributed by atoms with Crippen molar-refractivity contribution in [2.45, 2.75) is 46.1 Å². The van der Waals surface area contributed by atoms with E-state index >= 15 is 0 Å². The van der Waals surface area contributed by atoms with Gasteiger partial charge in [0, 0.05) is 23.8 Å². The summed E-state index contributed by atoms with van der Waals surface area (Å²) in [7, 11) is 0. The maximum atomic E-state index is 13.5. The van der Waals surface area contributed by atoms with Crippen molar-refractivity contribution in [3.05, 3.63) is 95.3 Å². The van der Waals surface area contributed by atoms with Crippen LogP contribution in [0.2, 0.25) is 0 Å². The van der Waals surface area contributed by atoms with Gasteiger partial charge in [0.2, 0.25) is 5.96 Å². The summed E-state index contributed by atoms with van der Waals surface area (Å²) in [5.74, 6) is 1.14. The van der Waals surface area contributed by atoms with E-state index in [1.165, 1.54) is 18.6 Å². The highest BCUT2D eigenvalue weighted by Gasteiger charge is 2.23. The molecule has 0 aliphatic carbocycles. The number of nitrogens with one attached hydrogen (secondary N) is 1. The highest BCUT2D eigenvalue weighted by Crippen LogP contribution is 2.23. The second kappa shape index (κ2) is 10.4. The van der Waals surface area contributed by atoms with Crippen molar-refractivity contribution in [2.75, 3.05) is 11.9 Å². The molecule has 1 aliphatic rings. The van der Waals surface area contributed by atoms with E-state index in [0.717, 1.165) is 47.5 Å². The predicted octanol–water partition coefficient (Wildman–Crippen LogP) is 6.86. The van der Waals surface area contributed by atoms with Gasteiger partial charge in [-0.15, -0.1) is 0 Å². The van der Waals surface area contributed by atoms with Crippen LogP contribution in [-0.2, 0) is 0 Å². The Labute approximate surface area is 195 Å². The number of piperidine rings is 1. The average molecular weight is 443 g/mol. The smallest absolute Gasteiger partial charge is 0.228 e. The van der Waals surface area contributed by atoms with Gasteiger partial charge < -0.3 is 10.2 Å². The quantitative estimate of drug-likeness (QED) is 0.355. The first-order valence-electron chi connectivity index (χ1n) is 11.6. The van der Waals surface area contributed by atoms with Crippen LogP contribution >= 0.6 is 0 Å². The molecule has 1 fully saturated rings. The van der Waals surface area contributed by atoms with Gasteiger partial charge in [0.05, 0.1) is 5.69 Å². The first-order valence-corrected chi connectivity index (χ1v) is 11.6. The number of nitrogens with zero attached hydrogens (tertiary/aromatic N) is 3. The molecule has 3 aromatic carbocycles. The van der Waals surface area contributed by atoms with E-state index in [1.807, 2.05) is 30.3 Å². The first kappa shape index (κ1) is 22.7. The largest absolute Gasteiger partial charge is 0.340 e. The lowest BCUT2D eigenvalue weighted by Gasteiger charge is -2.34. The molecule has 1 aliphatic heterocycles. The number of hydrogen-bond donors (Lipinski definition) is 1.